The molecule has 1 saturated heterocycles. The molecule has 0 radical (unpaired) electrons. The Hall–Kier alpha value is -1.96. The van der Waals surface area contributed by atoms with Crippen molar-refractivity contribution in [1.29, 1.82) is 0 Å². The van der Waals surface area contributed by atoms with E-state index < -0.39 is 4.92 Å². The smallest absolute Gasteiger partial charge is 0.269 e. The van der Waals surface area contributed by atoms with Crippen LogP contribution in [0, 0.1) is 10.1 Å². The van der Waals surface area contributed by atoms with Crippen molar-refractivity contribution in [2.24, 2.45) is 0 Å². The second-order valence-electron chi connectivity index (χ2n) is 6.00. The normalized spacial score (nSPS) is 15.1. The Balaban J connectivity index is 1.67. The minimum atomic E-state index is -0.400. The number of ether oxygens (including phenoxy) is 2. The number of benzene rings is 2. The van der Waals surface area contributed by atoms with Crippen LogP contribution in [0.3, 0.4) is 0 Å². The fraction of sp³-hybridized carbons (Fsp3) is 0.333. The number of rotatable bonds is 6. The van der Waals surface area contributed by atoms with Gasteiger partial charge in [0.15, 0.2) is 0 Å². The lowest BCUT2D eigenvalue weighted by Gasteiger charge is -2.24. The number of nitrogens with zero attached hydrogens (tertiary/aromatic N) is 1. The molecule has 0 aromatic heterocycles. The van der Waals surface area contributed by atoms with Gasteiger partial charge in [-0.3, -0.25) is 10.1 Å². The van der Waals surface area contributed by atoms with Crippen LogP contribution in [0.2, 0.25) is 0 Å². The summed E-state index contributed by atoms with van der Waals surface area (Å²) < 4.78 is 12.4. The predicted molar refractivity (Wildman–Crippen MR) is 96.8 cm³/mol. The molecular weight excluding hydrogens is 388 g/mol. The Kier molecular flexibility index (Phi) is 6.01. The van der Waals surface area contributed by atoms with Crippen LogP contribution in [0.25, 0.3) is 0 Å². The van der Waals surface area contributed by atoms with Gasteiger partial charge in [-0.25, -0.2) is 0 Å². The highest BCUT2D eigenvalue weighted by Gasteiger charge is 2.17. The molecule has 1 fully saturated rings. The number of nitro benzene ring substituents is 1. The Labute approximate surface area is 154 Å². The number of nitro groups is 1. The third-order valence-corrected chi connectivity index (χ3v) is 4.70. The molecule has 0 aliphatic carbocycles. The molecule has 1 aliphatic rings. The second-order valence-corrected chi connectivity index (χ2v) is 6.92. The Bertz CT molecular complexity index is 730. The van der Waals surface area contributed by atoms with Gasteiger partial charge in [-0.15, -0.1) is 0 Å². The summed E-state index contributed by atoms with van der Waals surface area (Å²) in [6.07, 6.45) is 0. The van der Waals surface area contributed by atoms with Crippen LogP contribution in [0.15, 0.2) is 46.9 Å². The zero-order chi connectivity index (χ0) is 17.6. The molecule has 1 N–H and O–H groups in total. The molecule has 1 aliphatic heterocycles. The average Bonchev–Trinajstić information content (AvgIpc) is 2.62. The highest BCUT2D eigenvalue weighted by molar-refractivity contribution is 9.10. The van der Waals surface area contributed by atoms with Gasteiger partial charge in [0.1, 0.15) is 32.0 Å². The number of morpholine rings is 1. The quantitative estimate of drug-likeness (QED) is 0.589. The topological polar surface area (TPSA) is 66.0 Å². The number of non-ortho nitro benzene ring substituents is 1. The highest BCUT2D eigenvalue weighted by atomic mass is 79.9. The molecule has 0 bridgehead atoms. The molecule has 0 amide bonds. The lowest BCUT2D eigenvalue weighted by atomic mass is 10.1. The largest absolute Gasteiger partial charge is 0.488 e. The molecule has 0 spiro atoms. The van der Waals surface area contributed by atoms with Gasteiger partial charge < -0.3 is 14.4 Å². The fourth-order valence-corrected chi connectivity index (χ4v) is 3.22. The van der Waals surface area contributed by atoms with Gasteiger partial charge in [0.25, 0.3) is 5.69 Å². The summed E-state index contributed by atoms with van der Waals surface area (Å²) in [5.74, 6) is 0.848. The first-order chi connectivity index (χ1) is 12.1. The van der Waals surface area contributed by atoms with E-state index in [1.807, 2.05) is 12.1 Å². The van der Waals surface area contributed by atoms with E-state index in [2.05, 4.69) is 22.0 Å². The third-order valence-electron chi connectivity index (χ3n) is 4.20. The maximum Gasteiger partial charge on any atom is 0.269 e. The zero-order valence-electron chi connectivity index (χ0n) is 13.7. The van der Waals surface area contributed by atoms with Gasteiger partial charge in [0.2, 0.25) is 0 Å². The minimum Gasteiger partial charge on any atom is -0.488 e. The van der Waals surface area contributed by atoms with Crippen molar-refractivity contribution >= 4 is 21.6 Å². The van der Waals surface area contributed by atoms with Gasteiger partial charge >= 0.3 is 0 Å². The minimum absolute atomic E-state index is 0.0870. The van der Waals surface area contributed by atoms with Crippen molar-refractivity contribution in [3.8, 4) is 5.75 Å². The van der Waals surface area contributed by atoms with E-state index >= 15 is 0 Å². The first-order valence-electron chi connectivity index (χ1n) is 8.18. The second kappa shape index (κ2) is 8.42. The van der Waals surface area contributed by atoms with Crippen LogP contribution < -0.4 is 9.64 Å². The summed E-state index contributed by atoms with van der Waals surface area (Å²) in [5, 5.41) is 10.7. The third kappa shape index (κ3) is 5.01. The maximum atomic E-state index is 10.7. The van der Waals surface area contributed by atoms with Crippen molar-refractivity contribution in [1.82, 2.24) is 0 Å². The van der Waals surface area contributed by atoms with E-state index in [1.54, 1.807) is 12.1 Å². The molecule has 3 rings (SSSR count). The number of hydrogen-bond acceptors (Lipinski definition) is 4. The summed E-state index contributed by atoms with van der Waals surface area (Å²) in [4.78, 5) is 11.8. The summed E-state index contributed by atoms with van der Waals surface area (Å²) >= 11 is 3.53. The van der Waals surface area contributed by atoms with Crippen molar-refractivity contribution in [3.05, 3.63) is 68.2 Å². The number of hydrogen-bond donors (Lipinski definition) is 1. The van der Waals surface area contributed by atoms with Gasteiger partial charge in [-0.2, -0.15) is 0 Å². The van der Waals surface area contributed by atoms with Crippen molar-refractivity contribution < 1.29 is 19.3 Å². The van der Waals surface area contributed by atoms with Gasteiger partial charge in [0, 0.05) is 22.2 Å². The predicted octanol–water partition coefficient (Wildman–Crippen LogP) is 2.35. The molecule has 0 atom stereocenters. The summed E-state index contributed by atoms with van der Waals surface area (Å²) in [6, 6.07) is 12.5. The van der Waals surface area contributed by atoms with Crippen LogP contribution in [0.5, 0.6) is 5.75 Å². The van der Waals surface area contributed by atoms with Crippen molar-refractivity contribution in [3.63, 3.8) is 0 Å². The zero-order valence-corrected chi connectivity index (χ0v) is 15.3. The summed E-state index contributed by atoms with van der Waals surface area (Å²) in [7, 11) is 0. The summed E-state index contributed by atoms with van der Waals surface area (Å²) in [5.41, 5.74) is 2.13. The number of halogens is 1. The monoisotopic (exact) mass is 407 g/mol. The van der Waals surface area contributed by atoms with E-state index in [4.69, 9.17) is 9.47 Å². The molecule has 132 valence electrons. The molecule has 1 heterocycles. The van der Waals surface area contributed by atoms with E-state index in [9.17, 15) is 10.1 Å². The van der Waals surface area contributed by atoms with Gasteiger partial charge in [-0.05, 0) is 35.9 Å². The van der Waals surface area contributed by atoms with Gasteiger partial charge in [0.05, 0.1) is 18.1 Å². The van der Waals surface area contributed by atoms with Crippen LogP contribution in [0.4, 0.5) is 5.69 Å². The Morgan fingerprint density at radius 3 is 2.56 bits per heavy atom. The lowest BCUT2D eigenvalue weighted by Crippen LogP contribution is -3.12. The van der Waals surface area contributed by atoms with Crippen LogP contribution in [-0.4, -0.2) is 31.2 Å². The van der Waals surface area contributed by atoms with Crippen molar-refractivity contribution in [2.75, 3.05) is 26.3 Å². The molecule has 25 heavy (non-hydrogen) atoms. The molecular formula is C18H20BrN2O4+. The van der Waals surface area contributed by atoms with E-state index in [0.29, 0.717) is 6.61 Å². The van der Waals surface area contributed by atoms with Crippen molar-refractivity contribution in [2.45, 2.75) is 13.2 Å². The molecule has 0 saturated carbocycles. The maximum absolute atomic E-state index is 10.7. The standard InChI is InChI=1S/C18H19BrN2O4/c19-16-3-6-18(15(11-16)12-20-7-9-24-10-8-20)25-13-14-1-4-17(5-2-14)21(22)23/h1-6,11H,7-10,12-13H2/p+1. The SMILES string of the molecule is O=[N+]([O-])c1ccc(COc2ccc(Br)cc2C[NH+]2CCOCC2)cc1. The Morgan fingerprint density at radius 2 is 1.88 bits per heavy atom. The molecule has 2 aromatic carbocycles. The van der Waals surface area contributed by atoms with Crippen LogP contribution in [0.1, 0.15) is 11.1 Å². The molecule has 0 unspecified atom stereocenters. The van der Waals surface area contributed by atoms with E-state index in [1.165, 1.54) is 17.0 Å². The molecule has 2 aromatic rings. The highest BCUT2D eigenvalue weighted by Crippen LogP contribution is 2.24. The van der Waals surface area contributed by atoms with Gasteiger partial charge in [-0.1, -0.05) is 15.9 Å². The first kappa shape index (κ1) is 17.8. The number of nitrogens with one attached hydrogen (secondary N) is 1. The summed E-state index contributed by atoms with van der Waals surface area (Å²) in [6.45, 7) is 4.84. The Morgan fingerprint density at radius 1 is 1.16 bits per heavy atom. The molecule has 6 nitrogen and oxygen atoms in total. The first-order valence-corrected chi connectivity index (χ1v) is 8.97. The van der Waals surface area contributed by atoms with Crippen LogP contribution in [-0.2, 0) is 17.9 Å². The fourth-order valence-electron chi connectivity index (χ4n) is 2.81. The molecule has 7 heteroatoms. The van der Waals surface area contributed by atoms with E-state index in [0.717, 1.165) is 54.2 Å². The van der Waals surface area contributed by atoms with E-state index in [-0.39, 0.29) is 5.69 Å². The number of quaternary nitrogens is 1. The lowest BCUT2D eigenvalue weighted by molar-refractivity contribution is -0.921. The average molecular weight is 408 g/mol. The van der Waals surface area contributed by atoms with Crippen LogP contribution >= 0.6 is 15.9 Å².